The zero-order chi connectivity index (χ0) is 17.9. The first-order valence-corrected chi connectivity index (χ1v) is 6.98. The highest BCUT2D eigenvalue weighted by Gasteiger charge is 2.21. The first kappa shape index (κ1) is 17.2. The van der Waals surface area contributed by atoms with Crippen molar-refractivity contribution in [2.75, 3.05) is 6.61 Å². The van der Waals surface area contributed by atoms with Crippen molar-refractivity contribution in [3.05, 3.63) is 34.2 Å². The highest BCUT2D eigenvalue weighted by atomic mass is 16.6. The van der Waals surface area contributed by atoms with E-state index >= 15 is 0 Å². The van der Waals surface area contributed by atoms with E-state index in [1.54, 1.807) is 6.92 Å². The quantitative estimate of drug-likeness (QED) is 0.473. The van der Waals surface area contributed by atoms with E-state index in [1.807, 2.05) is 0 Å². The number of esters is 3. The number of hydrogen-bond acceptors (Lipinski definition) is 8. The Balaban J connectivity index is 2.68. The van der Waals surface area contributed by atoms with Crippen LogP contribution in [-0.2, 0) is 14.3 Å². The van der Waals surface area contributed by atoms with Crippen molar-refractivity contribution in [2.24, 2.45) is 0 Å². The van der Waals surface area contributed by atoms with Crippen LogP contribution in [0.25, 0.3) is 11.0 Å². The van der Waals surface area contributed by atoms with E-state index in [9.17, 15) is 19.2 Å². The lowest BCUT2D eigenvalue weighted by atomic mass is 10.1. The molecule has 0 unspecified atom stereocenters. The van der Waals surface area contributed by atoms with Gasteiger partial charge in [0.05, 0.1) is 6.61 Å². The van der Waals surface area contributed by atoms with Gasteiger partial charge in [-0.15, -0.1) is 0 Å². The average Bonchev–Trinajstić information content (AvgIpc) is 2.48. The van der Waals surface area contributed by atoms with Gasteiger partial charge in [0.15, 0.2) is 11.3 Å². The van der Waals surface area contributed by atoms with Crippen molar-refractivity contribution in [1.29, 1.82) is 0 Å². The number of benzene rings is 1. The summed E-state index contributed by atoms with van der Waals surface area (Å²) in [4.78, 5) is 46.2. The van der Waals surface area contributed by atoms with Gasteiger partial charge in [-0.2, -0.15) is 0 Å². The molecule has 8 heteroatoms. The minimum absolute atomic E-state index is 0.0859. The predicted molar refractivity (Wildman–Crippen MR) is 81.1 cm³/mol. The van der Waals surface area contributed by atoms with Gasteiger partial charge >= 0.3 is 23.5 Å². The van der Waals surface area contributed by atoms with Crippen LogP contribution in [-0.4, -0.2) is 24.5 Å². The topological polar surface area (TPSA) is 109 Å². The molecule has 0 aliphatic heterocycles. The van der Waals surface area contributed by atoms with Crippen LogP contribution in [0.5, 0.6) is 11.5 Å². The predicted octanol–water partition coefficient (Wildman–Crippen LogP) is 1.82. The molecule has 2 aromatic rings. The molecule has 126 valence electrons. The van der Waals surface area contributed by atoms with E-state index < -0.39 is 23.5 Å². The van der Waals surface area contributed by atoms with Crippen LogP contribution >= 0.6 is 0 Å². The molecule has 0 amide bonds. The summed E-state index contributed by atoms with van der Waals surface area (Å²) in [7, 11) is 0. The molecule has 1 aromatic carbocycles. The van der Waals surface area contributed by atoms with Gasteiger partial charge in [0.25, 0.3) is 0 Å². The van der Waals surface area contributed by atoms with Gasteiger partial charge in [0.1, 0.15) is 5.56 Å². The third-order valence-electron chi connectivity index (χ3n) is 2.82. The van der Waals surface area contributed by atoms with Crippen molar-refractivity contribution in [3.8, 4) is 11.5 Å². The third kappa shape index (κ3) is 3.60. The average molecular weight is 334 g/mol. The maximum absolute atomic E-state index is 12.0. The molecule has 0 fully saturated rings. The summed E-state index contributed by atoms with van der Waals surface area (Å²) >= 11 is 0. The second kappa shape index (κ2) is 6.95. The van der Waals surface area contributed by atoms with Gasteiger partial charge in [-0.1, -0.05) is 0 Å². The highest BCUT2D eigenvalue weighted by molar-refractivity contribution is 5.95. The smallest absolute Gasteiger partial charge is 0.351 e. The molecule has 1 heterocycles. The number of fused-ring (bicyclic) bond motifs is 1. The van der Waals surface area contributed by atoms with E-state index in [1.165, 1.54) is 25.1 Å². The Kier molecular flexibility index (Phi) is 4.98. The van der Waals surface area contributed by atoms with Crippen LogP contribution in [0.4, 0.5) is 0 Å². The van der Waals surface area contributed by atoms with E-state index in [0.29, 0.717) is 5.39 Å². The van der Waals surface area contributed by atoms with Gasteiger partial charge in [-0.05, 0) is 25.1 Å². The molecule has 8 nitrogen and oxygen atoms in total. The zero-order valence-electron chi connectivity index (χ0n) is 13.2. The lowest BCUT2D eigenvalue weighted by Crippen LogP contribution is -2.17. The van der Waals surface area contributed by atoms with E-state index in [2.05, 4.69) is 0 Å². The minimum atomic E-state index is -0.964. The van der Waals surface area contributed by atoms with E-state index in [-0.39, 0.29) is 29.3 Å². The van der Waals surface area contributed by atoms with Gasteiger partial charge in [0.2, 0.25) is 5.75 Å². The Bertz CT molecular complexity index is 878. The van der Waals surface area contributed by atoms with Crippen molar-refractivity contribution in [1.82, 2.24) is 0 Å². The second-order valence-corrected chi connectivity index (χ2v) is 4.67. The lowest BCUT2D eigenvalue weighted by Gasteiger charge is -2.11. The summed E-state index contributed by atoms with van der Waals surface area (Å²) in [6.07, 6.45) is 0. The SMILES string of the molecule is CCOC(=O)c1cc2ccc(OC(C)=O)c(OC(C)=O)c2oc1=O. The molecule has 1 aromatic heterocycles. The molecule has 0 spiro atoms. The minimum Gasteiger partial charge on any atom is -0.462 e. The third-order valence-corrected chi connectivity index (χ3v) is 2.82. The maximum atomic E-state index is 12.0. The monoisotopic (exact) mass is 334 g/mol. The Morgan fingerprint density at radius 2 is 1.75 bits per heavy atom. The number of ether oxygens (including phenoxy) is 3. The number of rotatable bonds is 4. The first-order chi connectivity index (χ1) is 11.3. The van der Waals surface area contributed by atoms with Crippen LogP contribution in [0.3, 0.4) is 0 Å². The summed E-state index contributed by atoms with van der Waals surface area (Å²) in [5.74, 6) is -2.48. The molecule has 0 aliphatic carbocycles. The van der Waals surface area contributed by atoms with Gasteiger partial charge in [-0.3, -0.25) is 9.59 Å². The fourth-order valence-electron chi connectivity index (χ4n) is 1.97. The summed E-state index contributed by atoms with van der Waals surface area (Å²) < 4.78 is 19.8. The zero-order valence-corrected chi connectivity index (χ0v) is 13.2. The Labute approximate surface area is 135 Å². The van der Waals surface area contributed by atoms with Gasteiger partial charge in [0, 0.05) is 19.2 Å². The molecule has 0 atom stereocenters. The summed E-state index contributed by atoms with van der Waals surface area (Å²) in [5.41, 5.74) is -1.38. The Morgan fingerprint density at radius 3 is 2.33 bits per heavy atom. The van der Waals surface area contributed by atoms with E-state index in [0.717, 1.165) is 6.92 Å². The Hall–Kier alpha value is -3.16. The Morgan fingerprint density at radius 1 is 1.08 bits per heavy atom. The number of hydrogen-bond donors (Lipinski definition) is 0. The normalized spacial score (nSPS) is 10.3. The molecule has 0 radical (unpaired) electrons. The lowest BCUT2D eigenvalue weighted by molar-refractivity contribution is -0.134. The largest absolute Gasteiger partial charge is 0.462 e. The second-order valence-electron chi connectivity index (χ2n) is 4.67. The van der Waals surface area contributed by atoms with Gasteiger partial charge < -0.3 is 18.6 Å². The van der Waals surface area contributed by atoms with Crippen LogP contribution in [0.15, 0.2) is 27.4 Å². The first-order valence-electron chi connectivity index (χ1n) is 6.98. The maximum Gasteiger partial charge on any atom is 0.351 e. The summed E-state index contributed by atoms with van der Waals surface area (Å²) in [6, 6.07) is 4.06. The number of carbonyl (C=O) groups excluding carboxylic acids is 3. The molecule has 0 saturated heterocycles. The molecule has 2 rings (SSSR count). The molecule has 0 N–H and O–H groups in total. The molecular formula is C16H14O8. The summed E-state index contributed by atoms with van der Waals surface area (Å²) in [6.45, 7) is 4.01. The van der Waals surface area contributed by atoms with Crippen LogP contribution < -0.4 is 15.1 Å². The van der Waals surface area contributed by atoms with Crippen molar-refractivity contribution in [3.63, 3.8) is 0 Å². The molecule has 0 bridgehead atoms. The van der Waals surface area contributed by atoms with Crippen LogP contribution in [0.1, 0.15) is 31.1 Å². The fraction of sp³-hybridized carbons (Fsp3) is 0.250. The molecule has 0 aliphatic rings. The van der Waals surface area contributed by atoms with Gasteiger partial charge in [-0.25, -0.2) is 9.59 Å². The van der Waals surface area contributed by atoms with Crippen LogP contribution in [0.2, 0.25) is 0 Å². The standard InChI is InChI=1S/C16H14O8/c1-4-21-15(19)11-7-10-5-6-12(22-8(2)17)14(23-9(3)18)13(10)24-16(11)20/h5-7H,4H2,1-3H3. The summed E-state index contributed by atoms with van der Waals surface area (Å²) in [5, 5.41) is 0.296. The van der Waals surface area contributed by atoms with Crippen LogP contribution in [0, 0.1) is 0 Å². The van der Waals surface area contributed by atoms with E-state index in [4.69, 9.17) is 18.6 Å². The van der Waals surface area contributed by atoms with Crippen molar-refractivity contribution in [2.45, 2.75) is 20.8 Å². The highest BCUT2D eigenvalue weighted by Crippen LogP contribution is 2.35. The van der Waals surface area contributed by atoms with Crippen molar-refractivity contribution < 1.29 is 33.0 Å². The fourth-order valence-corrected chi connectivity index (χ4v) is 1.97. The molecule has 24 heavy (non-hydrogen) atoms. The molecule has 0 saturated carbocycles. The number of carbonyl (C=O) groups is 3. The molecular weight excluding hydrogens is 320 g/mol. The van der Waals surface area contributed by atoms with Crippen molar-refractivity contribution >= 4 is 28.9 Å².